The number of ether oxygens (including phenoxy) is 3. The summed E-state index contributed by atoms with van der Waals surface area (Å²) >= 11 is 0. The fraction of sp³-hybridized carbons (Fsp3) is 0.531. The van der Waals surface area contributed by atoms with E-state index < -0.39 is 0 Å². The number of hydrogen-bond donors (Lipinski definition) is 1. The largest absolute Gasteiger partial charge is 0.379 e. The highest BCUT2D eigenvalue weighted by atomic mass is 19.1. The predicted octanol–water partition coefficient (Wildman–Crippen LogP) is 3.95. The molecular weight excluding hydrogens is 509 g/mol. The molecule has 1 saturated heterocycles. The van der Waals surface area contributed by atoms with Crippen molar-refractivity contribution >= 4 is 5.91 Å². The number of carbonyl (C=O) groups excluding carboxylic acids is 1. The van der Waals surface area contributed by atoms with E-state index in [1.54, 1.807) is 12.1 Å². The van der Waals surface area contributed by atoms with Crippen molar-refractivity contribution in [3.63, 3.8) is 0 Å². The molecule has 1 aliphatic rings. The van der Waals surface area contributed by atoms with Crippen LogP contribution >= 0.6 is 0 Å². The first-order valence-electron chi connectivity index (χ1n) is 14.2. The van der Waals surface area contributed by atoms with E-state index in [0.29, 0.717) is 64.7 Å². The maximum absolute atomic E-state index is 14.5. The van der Waals surface area contributed by atoms with E-state index in [9.17, 15) is 9.18 Å². The van der Waals surface area contributed by atoms with E-state index in [0.717, 1.165) is 37.1 Å². The molecule has 0 aliphatic carbocycles. The summed E-state index contributed by atoms with van der Waals surface area (Å²) in [5.41, 5.74) is 4.47. The summed E-state index contributed by atoms with van der Waals surface area (Å²) < 4.78 is 31.0. The van der Waals surface area contributed by atoms with Gasteiger partial charge in [-0.1, -0.05) is 43.0 Å². The molecule has 0 radical (unpaired) electrons. The molecule has 1 N–H and O–H groups in total. The molecule has 3 rings (SSSR count). The topological polar surface area (TPSA) is 63.3 Å². The minimum Gasteiger partial charge on any atom is -0.379 e. The highest BCUT2D eigenvalue weighted by Crippen LogP contribution is 2.32. The van der Waals surface area contributed by atoms with Gasteiger partial charge in [0, 0.05) is 50.3 Å². The molecule has 7 nitrogen and oxygen atoms in total. The van der Waals surface area contributed by atoms with Crippen molar-refractivity contribution in [1.82, 2.24) is 15.1 Å². The summed E-state index contributed by atoms with van der Waals surface area (Å²) in [4.78, 5) is 15.7. The van der Waals surface area contributed by atoms with Crippen molar-refractivity contribution in [1.29, 1.82) is 0 Å². The van der Waals surface area contributed by atoms with E-state index in [1.165, 1.54) is 17.2 Å². The monoisotopic (exact) mass is 555 g/mol. The van der Waals surface area contributed by atoms with E-state index >= 15 is 0 Å². The van der Waals surface area contributed by atoms with Crippen LogP contribution in [0.2, 0.25) is 0 Å². The molecule has 2 atom stereocenters. The lowest BCUT2D eigenvalue weighted by molar-refractivity contribution is -0.116. The number of likely N-dealkylation sites (N-methyl/N-ethyl adjacent to an activating group) is 1. The molecule has 0 bridgehead atoms. The molecule has 1 amide bonds. The van der Waals surface area contributed by atoms with E-state index in [2.05, 4.69) is 60.1 Å². The van der Waals surface area contributed by atoms with Gasteiger partial charge in [0.15, 0.2) is 0 Å². The Morgan fingerprint density at radius 1 is 1.02 bits per heavy atom. The Labute approximate surface area is 239 Å². The lowest BCUT2D eigenvalue weighted by Gasteiger charge is -2.25. The number of hydrogen-bond acceptors (Lipinski definition) is 6. The van der Waals surface area contributed by atoms with E-state index in [1.807, 2.05) is 13.0 Å². The third kappa shape index (κ3) is 10.4. The van der Waals surface area contributed by atoms with Crippen molar-refractivity contribution in [3.05, 3.63) is 83.2 Å². The molecule has 0 unspecified atom stereocenters. The zero-order valence-corrected chi connectivity index (χ0v) is 24.4. The Balaban J connectivity index is 1.31. The summed E-state index contributed by atoms with van der Waals surface area (Å²) in [5.74, 6) is 0.0833. The lowest BCUT2D eigenvalue weighted by atomic mass is 9.92. The molecule has 1 fully saturated rings. The number of amides is 1. The van der Waals surface area contributed by atoms with Crippen LogP contribution in [0.3, 0.4) is 0 Å². The van der Waals surface area contributed by atoms with Gasteiger partial charge in [0.05, 0.1) is 33.0 Å². The molecule has 2 aromatic carbocycles. The molecule has 40 heavy (non-hydrogen) atoms. The van der Waals surface area contributed by atoms with Crippen molar-refractivity contribution in [3.8, 4) is 0 Å². The molecule has 0 saturated carbocycles. The number of nitrogens with zero attached hydrogens (tertiary/aromatic N) is 2. The van der Waals surface area contributed by atoms with Gasteiger partial charge in [-0.15, -0.1) is 0 Å². The summed E-state index contributed by atoms with van der Waals surface area (Å²) in [6, 6.07) is 14.7. The van der Waals surface area contributed by atoms with Gasteiger partial charge < -0.3 is 24.4 Å². The quantitative estimate of drug-likeness (QED) is 0.222. The third-order valence-corrected chi connectivity index (χ3v) is 7.40. The van der Waals surface area contributed by atoms with Gasteiger partial charge in [-0.2, -0.15) is 0 Å². The van der Waals surface area contributed by atoms with E-state index in [-0.39, 0.29) is 11.7 Å². The van der Waals surface area contributed by atoms with Crippen LogP contribution in [-0.4, -0.2) is 95.1 Å². The smallest absolute Gasteiger partial charge is 0.243 e. The first-order chi connectivity index (χ1) is 19.4. The SMILES string of the molecule is C=CC(=O)NCCOCCOCCOCCCc1ccc([C@H]2CN(Cc3c(C)cccc3F)C[C@@H]2N(C)C)cc1. The second-order valence-electron chi connectivity index (χ2n) is 10.5. The minimum absolute atomic E-state index is 0.111. The van der Waals surface area contributed by atoms with Gasteiger partial charge in [0.1, 0.15) is 5.82 Å². The van der Waals surface area contributed by atoms with Gasteiger partial charge in [-0.3, -0.25) is 9.69 Å². The predicted molar refractivity (Wildman–Crippen MR) is 157 cm³/mol. The first kappa shape index (κ1) is 31.9. The van der Waals surface area contributed by atoms with E-state index in [4.69, 9.17) is 14.2 Å². The molecule has 0 spiro atoms. The van der Waals surface area contributed by atoms with Gasteiger partial charge in [-0.05, 0) is 62.7 Å². The van der Waals surface area contributed by atoms with Gasteiger partial charge in [0.2, 0.25) is 5.91 Å². The molecule has 8 heteroatoms. The number of nitrogens with one attached hydrogen (secondary N) is 1. The standard InChI is InChI=1S/C32H46FN3O4/c1-5-32(37)34-15-17-39-19-21-40-20-18-38-16-7-9-26-11-13-27(14-12-26)29-23-36(24-31(29)35(3)4)22-28-25(2)8-6-10-30(28)33/h5-6,8,10-14,29,31H,1,7,9,15-24H2,2-4H3,(H,34,37)/t29-,31+/m1/s1. The van der Waals surface area contributed by atoms with Crippen LogP contribution in [0.15, 0.2) is 55.1 Å². The number of carbonyl (C=O) groups is 1. The van der Waals surface area contributed by atoms with Crippen LogP contribution in [0.4, 0.5) is 4.39 Å². The Bertz CT molecular complexity index is 1030. The molecule has 220 valence electrons. The van der Waals surface area contributed by atoms with Crippen LogP contribution < -0.4 is 5.32 Å². The number of benzene rings is 2. The highest BCUT2D eigenvalue weighted by Gasteiger charge is 2.35. The average molecular weight is 556 g/mol. The number of likely N-dealkylation sites (tertiary alicyclic amines) is 1. The lowest BCUT2D eigenvalue weighted by Crippen LogP contribution is -2.34. The third-order valence-electron chi connectivity index (χ3n) is 7.40. The molecular formula is C32H46FN3O4. The minimum atomic E-state index is -0.197. The van der Waals surface area contributed by atoms with Gasteiger partial charge >= 0.3 is 0 Å². The van der Waals surface area contributed by atoms with Crippen molar-refractivity contribution in [2.24, 2.45) is 0 Å². The Morgan fingerprint density at radius 3 is 2.35 bits per heavy atom. The number of aryl methyl sites for hydroxylation is 2. The van der Waals surface area contributed by atoms with Crippen LogP contribution in [0, 0.1) is 12.7 Å². The van der Waals surface area contributed by atoms with Crippen molar-refractivity contribution < 1.29 is 23.4 Å². The average Bonchev–Trinajstić information content (AvgIpc) is 3.38. The molecule has 2 aromatic rings. The zero-order valence-electron chi connectivity index (χ0n) is 24.4. The second-order valence-corrected chi connectivity index (χ2v) is 10.5. The van der Waals surface area contributed by atoms with Crippen LogP contribution in [0.25, 0.3) is 0 Å². The maximum atomic E-state index is 14.5. The highest BCUT2D eigenvalue weighted by molar-refractivity contribution is 5.86. The first-order valence-corrected chi connectivity index (χ1v) is 14.2. The number of halogens is 1. The fourth-order valence-electron chi connectivity index (χ4n) is 5.11. The summed E-state index contributed by atoms with van der Waals surface area (Å²) in [5, 5.41) is 2.65. The Morgan fingerprint density at radius 2 is 1.70 bits per heavy atom. The summed E-state index contributed by atoms with van der Waals surface area (Å²) in [7, 11) is 4.27. The maximum Gasteiger partial charge on any atom is 0.243 e. The van der Waals surface area contributed by atoms with Crippen LogP contribution in [-0.2, 0) is 32.0 Å². The fourth-order valence-corrected chi connectivity index (χ4v) is 5.11. The summed E-state index contributed by atoms with van der Waals surface area (Å²) in [6.45, 7) is 11.6. The molecule has 1 aliphatic heterocycles. The van der Waals surface area contributed by atoms with Crippen LogP contribution in [0.5, 0.6) is 0 Å². The number of rotatable bonds is 18. The van der Waals surface area contributed by atoms with Crippen molar-refractivity contribution in [2.45, 2.75) is 38.3 Å². The molecule has 1 heterocycles. The second kappa shape index (κ2) is 17.3. The summed E-state index contributed by atoms with van der Waals surface area (Å²) in [6.07, 6.45) is 3.17. The zero-order chi connectivity index (χ0) is 28.7. The Kier molecular flexibility index (Phi) is 13.8. The van der Waals surface area contributed by atoms with Gasteiger partial charge in [-0.25, -0.2) is 4.39 Å². The van der Waals surface area contributed by atoms with Crippen LogP contribution in [0.1, 0.15) is 34.6 Å². The van der Waals surface area contributed by atoms with Gasteiger partial charge in [0.25, 0.3) is 0 Å². The normalized spacial score (nSPS) is 17.4. The van der Waals surface area contributed by atoms with Crippen molar-refractivity contribution in [2.75, 3.05) is 73.4 Å². The molecule has 0 aromatic heterocycles. The Hall–Kier alpha value is -2.62.